The monoisotopic (exact) mass is 285 g/mol. The fourth-order valence-electron chi connectivity index (χ4n) is 3.15. The fourth-order valence-corrected chi connectivity index (χ4v) is 5.11. The average Bonchev–Trinajstić information content (AvgIpc) is 2.56. The Balaban J connectivity index is 2.42. The zero-order chi connectivity index (χ0) is 14.4. The summed E-state index contributed by atoms with van der Waals surface area (Å²) in [5, 5.41) is 3.25. The maximum Gasteiger partial charge on any atom is 0.336 e. The molecule has 106 valence electrons. The van der Waals surface area contributed by atoms with Gasteiger partial charge in [-0.15, -0.1) is 11.8 Å². The molecule has 0 saturated carbocycles. The molecule has 0 amide bonds. The third-order valence-corrected chi connectivity index (χ3v) is 5.72. The van der Waals surface area contributed by atoms with Crippen molar-refractivity contribution in [2.24, 2.45) is 11.8 Å². The van der Waals surface area contributed by atoms with Crippen LogP contribution in [0.2, 0.25) is 0 Å². The van der Waals surface area contributed by atoms with Crippen molar-refractivity contribution >= 4 is 23.7 Å². The first-order chi connectivity index (χ1) is 8.85. The van der Waals surface area contributed by atoms with E-state index in [1.54, 1.807) is 11.8 Å². The maximum absolute atomic E-state index is 12.0. The quantitative estimate of drug-likeness (QED) is 0.771. The first-order valence-electron chi connectivity index (χ1n) is 6.18. The highest BCUT2D eigenvalue weighted by molar-refractivity contribution is 8.01. The lowest BCUT2D eigenvalue weighted by Gasteiger charge is -2.35. The number of rotatable bonds is 2. The minimum absolute atomic E-state index is 0.0153. The predicted octanol–water partition coefficient (Wildman–Crippen LogP) is 1.29. The Labute approximate surface area is 117 Å². The number of methoxy groups -OCH3 is 2. The fraction of sp³-hybridized carbons (Fsp3) is 0.692. The number of carbonyl (C=O) groups is 2. The van der Waals surface area contributed by atoms with E-state index < -0.39 is 4.87 Å². The van der Waals surface area contributed by atoms with Crippen molar-refractivity contribution in [3.63, 3.8) is 0 Å². The van der Waals surface area contributed by atoms with Crippen LogP contribution in [0.1, 0.15) is 20.8 Å². The molecule has 2 rings (SSSR count). The van der Waals surface area contributed by atoms with Gasteiger partial charge in [0, 0.05) is 10.9 Å². The molecular formula is C13H19NO4S. The molecule has 0 aromatic heterocycles. The van der Waals surface area contributed by atoms with Gasteiger partial charge >= 0.3 is 11.9 Å². The van der Waals surface area contributed by atoms with Crippen molar-refractivity contribution in [3.05, 3.63) is 11.3 Å². The molecule has 0 aromatic carbocycles. The van der Waals surface area contributed by atoms with Crippen LogP contribution in [0, 0.1) is 11.8 Å². The summed E-state index contributed by atoms with van der Waals surface area (Å²) >= 11 is 1.60. The first kappa shape index (κ1) is 14.2. The molecule has 0 spiro atoms. The Morgan fingerprint density at radius 3 is 2.47 bits per heavy atom. The normalized spacial score (nSPS) is 36.8. The molecule has 0 aliphatic carbocycles. The maximum atomic E-state index is 12.0. The average molecular weight is 285 g/mol. The Hall–Kier alpha value is -1.17. The lowest BCUT2D eigenvalue weighted by Crippen LogP contribution is -2.47. The van der Waals surface area contributed by atoms with E-state index in [0.717, 1.165) is 5.70 Å². The Kier molecular flexibility index (Phi) is 3.55. The van der Waals surface area contributed by atoms with Gasteiger partial charge in [0.15, 0.2) is 0 Å². The third-order valence-electron chi connectivity index (χ3n) is 3.95. The second-order valence-electron chi connectivity index (χ2n) is 5.16. The van der Waals surface area contributed by atoms with Crippen molar-refractivity contribution in [2.75, 3.05) is 14.2 Å². The van der Waals surface area contributed by atoms with E-state index in [1.807, 2.05) is 20.8 Å². The number of esters is 2. The summed E-state index contributed by atoms with van der Waals surface area (Å²) in [7, 11) is 2.77. The lowest BCUT2D eigenvalue weighted by molar-refractivity contribution is -0.148. The van der Waals surface area contributed by atoms with Crippen LogP contribution in [0.25, 0.3) is 0 Å². The topological polar surface area (TPSA) is 64.6 Å². The number of carbonyl (C=O) groups excluding carboxylic acids is 2. The number of nitrogens with one attached hydrogen (secondary N) is 1. The van der Waals surface area contributed by atoms with Gasteiger partial charge in [-0.2, -0.15) is 0 Å². The van der Waals surface area contributed by atoms with Crippen LogP contribution in [0.5, 0.6) is 0 Å². The Morgan fingerprint density at radius 2 is 1.95 bits per heavy atom. The van der Waals surface area contributed by atoms with E-state index in [9.17, 15) is 9.59 Å². The molecule has 6 heteroatoms. The minimum Gasteiger partial charge on any atom is -0.469 e. The molecule has 19 heavy (non-hydrogen) atoms. The molecule has 2 aliphatic rings. The summed E-state index contributed by atoms with van der Waals surface area (Å²) in [5.74, 6) is -0.843. The van der Waals surface area contributed by atoms with Crippen LogP contribution < -0.4 is 5.32 Å². The molecule has 4 atom stereocenters. The summed E-state index contributed by atoms with van der Waals surface area (Å²) in [5.41, 5.74) is 1.42. The highest BCUT2D eigenvalue weighted by atomic mass is 32.2. The van der Waals surface area contributed by atoms with Gasteiger partial charge in [-0.25, -0.2) is 4.79 Å². The molecule has 2 heterocycles. The number of allylic oxidation sites excluding steroid dienone is 1. The van der Waals surface area contributed by atoms with E-state index in [1.165, 1.54) is 14.2 Å². The highest BCUT2D eigenvalue weighted by Gasteiger charge is 2.58. The SMILES string of the molecule is COC(=O)C1=C(C)N[C@]2(C)S[C@@H]1[C@@H](C)[C@H]2C(=O)OC. The van der Waals surface area contributed by atoms with E-state index in [-0.39, 0.29) is 29.0 Å². The second kappa shape index (κ2) is 4.74. The van der Waals surface area contributed by atoms with Crippen LogP contribution in [0.15, 0.2) is 11.3 Å². The molecule has 1 N–H and O–H groups in total. The molecule has 0 unspecified atom stereocenters. The molecule has 0 aromatic rings. The number of fused-ring (bicyclic) bond motifs is 2. The summed E-state index contributed by atoms with van der Waals surface area (Å²) < 4.78 is 9.76. The summed E-state index contributed by atoms with van der Waals surface area (Å²) in [6.07, 6.45) is 0. The number of hydrogen-bond acceptors (Lipinski definition) is 6. The number of ether oxygens (including phenoxy) is 2. The smallest absolute Gasteiger partial charge is 0.336 e. The van der Waals surface area contributed by atoms with Crippen molar-refractivity contribution in [2.45, 2.75) is 30.9 Å². The van der Waals surface area contributed by atoms with Gasteiger partial charge in [0.2, 0.25) is 0 Å². The zero-order valence-electron chi connectivity index (χ0n) is 11.8. The van der Waals surface area contributed by atoms with Gasteiger partial charge in [0.25, 0.3) is 0 Å². The van der Waals surface area contributed by atoms with Crippen LogP contribution >= 0.6 is 11.8 Å². The zero-order valence-corrected chi connectivity index (χ0v) is 12.6. The van der Waals surface area contributed by atoms with Crippen LogP contribution in [-0.2, 0) is 19.1 Å². The van der Waals surface area contributed by atoms with E-state index in [4.69, 9.17) is 9.47 Å². The summed E-state index contributed by atoms with van der Waals surface area (Å²) in [4.78, 5) is 23.5. The van der Waals surface area contributed by atoms with Crippen LogP contribution in [0.4, 0.5) is 0 Å². The van der Waals surface area contributed by atoms with Crippen molar-refractivity contribution in [1.82, 2.24) is 5.32 Å². The molecular weight excluding hydrogens is 266 g/mol. The third kappa shape index (κ3) is 2.02. The van der Waals surface area contributed by atoms with Gasteiger partial charge in [-0.05, 0) is 19.8 Å². The van der Waals surface area contributed by atoms with Gasteiger partial charge in [0.05, 0.1) is 30.6 Å². The number of hydrogen-bond donors (Lipinski definition) is 1. The molecule has 2 aliphatic heterocycles. The molecule has 1 fully saturated rings. The van der Waals surface area contributed by atoms with E-state index >= 15 is 0 Å². The predicted molar refractivity (Wildman–Crippen MR) is 72.3 cm³/mol. The largest absolute Gasteiger partial charge is 0.469 e. The summed E-state index contributed by atoms with van der Waals surface area (Å²) in [6.45, 7) is 5.81. The van der Waals surface area contributed by atoms with E-state index in [2.05, 4.69) is 5.32 Å². The molecule has 5 nitrogen and oxygen atoms in total. The van der Waals surface area contributed by atoms with Crippen molar-refractivity contribution in [1.29, 1.82) is 0 Å². The van der Waals surface area contributed by atoms with Crippen LogP contribution in [0.3, 0.4) is 0 Å². The van der Waals surface area contributed by atoms with Crippen molar-refractivity contribution in [3.8, 4) is 0 Å². The molecule has 0 radical (unpaired) electrons. The first-order valence-corrected chi connectivity index (χ1v) is 7.06. The van der Waals surface area contributed by atoms with Gasteiger partial charge in [0.1, 0.15) is 0 Å². The Bertz CT molecular complexity index is 462. The lowest BCUT2D eigenvalue weighted by atomic mass is 9.85. The Morgan fingerprint density at radius 1 is 1.32 bits per heavy atom. The van der Waals surface area contributed by atoms with Crippen molar-refractivity contribution < 1.29 is 19.1 Å². The standard InChI is InChI=1S/C13H19NO4S/c1-6-9(12(16)18-5)13(3)14-7(2)8(10(6)19-13)11(15)17-4/h6,9-10,14H,1-5H3/t6-,9-,10+,13+/m0/s1. The van der Waals surface area contributed by atoms with Crippen LogP contribution in [-0.4, -0.2) is 36.3 Å². The van der Waals surface area contributed by atoms with Gasteiger partial charge in [-0.3, -0.25) is 4.79 Å². The van der Waals surface area contributed by atoms with Gasteiger partial charge in [-0.1, -0.05) is 6.92 Å². The highest BCUT2D eigenvalue weighted by Crippen LogP contribution is 2.55. The molecule has 2 bridgehead atoms. The number of thioether (sulfide) groups is 1. The summed E-state index contributed by atoms with van der Waals surface area (Å²) in [6, 6.07) is 0. The van der Waals surface area contributed by atoms with E-state index in [0.29, 0.717) is 5.57 Å². The van der Waals surface area contributed by atoms with Gasteiger partial charge < -0.3 is 14.8 Å². The second-order valence-corrected chi connectivity index (χ2v) is 6.75. The molecule has 1 saturated heterocycles. The minimum atomic E-state index is -0.432.